The van der Waals surface area contributed by atoms with Crippen LogP contribution >= 0.6 is 23.1 Å². The number of thioether (sulfide) groups is 1. The van der Waals surface area contributed by atoms with Gasteiger partial charge in [0.2, 0.25) is 10.0 Å². The van der Waals surface area contributed by atoms with Crippen LogP contribution in [0.25, 0.3) is 0 Å². The lowest BCUT2D eigenvalue weighted by Crippen LogP contribution is -2.37. The monoisotopic (exact) mass is 293 g/mol. The fourth-order valence-electron chi connectivity index (χ4n) is 1.78. The highest BCUT2D eigenvalue weighted by Crippen LogP contribution is 2.29. The van der Waals surface area contributed by atoms with Crippen LogP contribution in [0.15, 0.2) is 11.0 Å². The van der Waals surface area contributed by atoms with E-state index in [4.69, 9.17) is 5.11 Å². The van der Waals surface area contributed by atoms with Crippen LogP contribution in [0.4, 0.5) is 0 Å². The van der Waals surface area contributed by atoms with E-state index in [0.717, 1.165) is 16.4 Å². The van der Waals surface area contributed by atoms with Crippen LogP contribution in [-0.4, -0.2) is 42.4 Å². The molecule has 1 N–H and O–H groups in total. The normalized spacial score (nSPS) is 18.5. The van der Waals surface area contributed by atoms with Crippen molar-refractivity contribution in [3.63, 3.8) is 0 Å². The van der Waals surface area contributed by atoms with Crippen molar-refractivity contribution < 1.29 is 13.5 Å². The lowest BCUT2D eigenvalue weighted by molar-refractivity contribution is 0.285. The molecule has 0 atom stereocenters. The summed E-state index contributed by atoms with van der Waals surface area (Å²) in [6, 6.07) is 1.59. The molecule has 1 aromatic heterocycles. The van der Waals surface area contributed by atoms with Gasteiger partial charge in [0.15, 0.2) is 0 Å². The Morgan fingerprint density at radius 2 is 2.06 bits per heavy atom. The molecule has 1 aromatic rings. The molecule has 2 heterocycles. The summed E-state index contributed by atoms with van der Waals surface area (Å²) >= 11 is 3.12. The summed E-state index contributed by atoms with van der Waals surface area (Å²) in [5.41, 5.74) is 0. The topological polar surface area (TPSA) is 57.6 Å². The third-order valence-electron chi connectivity index (χ3n) is 2.67. The summed E-state index contributed by atoms with van der Waals surface area (Å²) < 4.78 is 26.3. The second-order valence-electron chi connectivity index (χ2n) is 3.81. The quantitative estimate of drug-likeness (QED) is 0.912. The largest absolute Gasteiger partial charge is 0.391 e. The van der Waals surface area contributed by atoms with Crippen LogP contribution in [-0.2, 0) is 16.6 Å². The standard InChI is InChI=1S/C10H15NO3S3/c1-8-10(6-9(7-12)16-8)17(13,14)11-2-4-15-5-3-11/h6,12H,2-5,7H2,1H3. The number of nitrogens with zero attached hydrogens (tertiary/aromatic N) is 1. The smallest absolute Gasteiger partial charge is 0.244 e. The number of sulfonamides is 1. The summed E-state index contributed by atoms with van der Waals surface area (Å²) in [6.07, 6.45) is 0. The minimum absolute atomic E-state index is 0.100. The Kier molecular flexibility index (Phi) is 4.14. The predicted octanol–water partition coefficient (Wildman–Crippen LogP) is 1.29. The Labute approximate surface area is 110 Å². The molecule has 0 aliphatic carbocycles. The number of aryl methyl sites for hydroxylation is 1. The molecular weight excluding hydrogens is 278 g/mol. The minimum Gasteiger partial charge on any atom is -0.391 e. The molecule has 2 rings (SSSR count). The SMILES string of the molecule is Cc1sc(CO)cc1S(=O)(=O)N1CCSCC1. The average Bonchev–Trinajstić information content (AvgIpc) is 2.72. The van der Waals surface area contributed by atoms with E-state index in [0.29, 0.717) is 22.9 Å². The highest BCUT2D eigenvalue weighted by Gasteiger charge is 2.28. The van der Waals surface area contributed by atoms with Gasteiger partial charge in [0.25, 0.3) is 0 Å². The molecule has 0 radical (unpaired) electrons. The third-order valence-corrected chi connectivity index (χ3v) is 6.80. The Morgan fingerprint density at radius 1 is 1.41 bits per heavy atom. The van der Waals surface area contributed by atoms with E-state index in [9.17, 15) is 8.42 Å². The van der Waals surface area contributed by atoms with Crippen LogP contribution < -0.4 is 0 Å². The summed E-state index contributed by atoms with van der Waals surface area (Å²) in [5.74, 6) is 1.71. The predicted molar refractivity (Wildman–Crippen MR) is 71.1 cm³/mol. The molecule has 17 heavy (non-hydrogen) atoms. The highest BCUT2D eigenvalue weighted by atomic mass is 32.2. The van der Waals surface area contributed by atoms with Crippen LogP contribution in [0.3, 0.4) is 0 Å². The van der Waals surface area contributed by atoms with Gasteiger partial charge in [0.05, 0.1) is 11.5 Å². The van der Waals surface area contributed by atoms with Crippen LogP contribution in [0.2, 0.25) is 0 Å². The van der Waals surface area contributed by atoms with Crippen molar-refractivity contribution in [3.8, 4) is 0 Å². The molecule has 1 saturated heterocycles. The number of hydrogen-bond donors (Lipinski definition) is 1. The Balaban J connectivity index is 2.33. The van der Waals surface area contributed by atoms with Crippen molar-refractivity contribution in [1.29, 1.82) is 0 Å². The number of hydrogen-bond acceptors (Lipinski definition) is 5. The zero-order valence-corrected chi connectivity index (χ0v) is 12.0. The molecule has 1 aliphatic heterocycles. The minimum atomic E-state index is -3.36. The number of rotatable bonds is 3. The summed E-state index contributed by atoms with van der Waals surface area (Å²) in [4.78, 5) is 1.82. The number of aliphatic hydroxyl groups is 1. The molecule has 4 nitrogen and oxygen atoms in total. The van der Waals surface area contributed by atoms with Crippen LogP contribution in [0, 0.1) is 6.92 Å². The molecule has 0 saturated carbocycles. The van der Waals surface area contributed by atoms with Gasteiger partial charge >= 0.3 is 0 Å². The van der Waals surface area contributed by atoms with Crippen molar-refractivity contribution in [2.24, 2.45) is 0 Å². The van der Waals surface area contributed by atoms with Crippen molar-refractivity contribution in [2.75, 3.05) is 24.6 Å². The molecule has 96 valence electrons. The second-order valence-corrected chi connectivity index (χ2v) is 8.28. The van der Waals surface area contributed by atoms with E-state index in [1.54, 1.807) is 29.1 Å². The maximum absolute atomic E-state index is 12.4. The van der Waals surface area contributed by atoms with E-state index in [-0.39, 0.29) is 6.61 Å². The zero-order valence-electron chi connectivity index (χ0n) is 9.55. The molecule has 0 unspecified atom stereocenters. The molecule has 0 bridgehead atoms. The Bertz CT molecular complexity index is 489. The molecule has 0 amide bonds. The van der Waals surface area contributed by atoms with Gasteiger partial charge in [-0.2, -0.15) is 16.1 Å². The Hall–Kier alpha value is -0.0800. The summed E-state index contributed by atoms with van der Waals surface area (Å²) in [7, 11) is -3.36. The first-order chi connectivity index (χ1) is 8.05. The van der Waals surface area contributed by atoms with Gasteiger partial charge in [-0.05, 0) is 13.0 Å². The van der Waals surface area contributed by atoms with Crippen LogP contribution in [0.5, 0.6) is 0 Å². The van der Waals surface area contributed by atoms with Gasteiger partial charge in [0.1, 0.15) is 0 Å². The summed E-state index contributed by atoms with van der Waals surface area (Å²) in [6.45, 7) is 2.85. The zero-order chi connectivity index (χ0) is 12.5. The van der Waals surface area contributed by atoms with E-state index >= 15 is 0 Å². The fourth-order valence-corrected chi connectivity index (χ4v) is 5.82. The highest BCUT2D eigenvalue weighted by molar-refractivity contribution is 7.99. The molecule has 1 fully saturated rings. The van der Waals surface area contributed by atoms with E-state index in [1.807, 2.05) is 0 Å². The molecule has 1 aliphatic rings. The van der Waals surface area contributed by atoms with Crippen molar-refractivity contribution in [2.45, 2.75) is 18.4 Å². The lowest BCUT2D eigenvalue weighted by atomic mass is 10.4. The van der Waals surface area contributed by atoms with Gasteiger partial charge in [0, 0.05) is 34.3 Å². The van der Waals surface area contributed by atoms with Crippen molar-refractivity contribution in [3.05, 3.63) is 15.8 Å². The third kappa shape index (κ3) is 2.68. The van der Waals surface area contributed by atoms with E-state index < -0.39 is 10.0 Å². The number of thiophene rings is 1. The van der Waals surface area contributed by atoms with Gasteiger partial charge in [-0.3, -0.25) is 0 Å². The van der Waals surface area contributed by atoms with Crippen molar-refractivity contribution >= 4 is 33.1 Å². The average molecular weight is 293 g/mol. The first-order valence-corrected chi connectivity index (χ1v) is 8.75. The number of aliphatic hydroxyl groups excluding tert-OH is 1. The first-order valence-electron chi connectivity index (χ1n) is 5.34. The van der Waals surface area contributed by atoms with Gasteiger partial charge in [-0.15, -0.1) is 11.3 Å². The second kappa shape index (κ2) is 5.27. The van der Waals surface area contributed by atoms with E-state index in [2.05, 4.69) is 0 Å². The van der Waals surface area contributed by atoms with Gasteiger partial charge in [-0.1, -0.05) is 0 Å². The van der Waals surface area contributed by atoms with E-state index in [1.165, 1.54) is 11.3 Å². The van der Waals surface area contributed by atoms with Gasteiger partial charge in [-0.25, -0.2) is 8.42 Å². The molecule has 0 spiro atoms. The fraction of sp³-hybridized carbons (Fsp3) is 0.600. The Morgan fingerprint density at radius 3 is 2.59 bits per heavy atom. The lowest BCUT2D eigenvalue weighted by Gasteiger charge is -2.25. The maximum Gasteiger partial charge on any atom is 0.244 e. The molecule has 7 heteroatoms. The summed E-state index contributed by atoms with van der Waals surface area (Å²) in [5, 5.41) is 9.05. The first kappa shape index (κ1) is 13.4. The van der Waals surface area contributed by atoms with Gasteiger partial charge < -0.3 is 5.11 Å². The maximum atomic E-state index is 12.4. The van der Waals surface area contributed by atoms with Crippen molar-refractivity contribution in [1.82, 2.24) is 4.31 Å². The van der Waals surface area contributed by atoms with Crippen LogP contribution in [0.1, 0.15) is 9.75 Å². The molecular formula is C10H15NO3S3. The molecule has 0 aromatic carbocycles.